The van der Waals surface area contributed by atoms with E-state index in [1.165, 1.54) is 0 Å². The third-order valence-corrected chi connectivity index (χ3v) is 4.98. The van der Waals surface area contributed by atoms with Crippen LogP contribution in [0.3, 0.4) is 0 Å². The summed E-state index contributed by atoms with van der Waals surface area (Å²) in [6.45, 7) is 8.14. The Morgan fingerprint density at radius 1 is 1.43 bits per heavy atom. The Morgan fingerprint density at radius 3 is 2.70 bits per heavy atom. The quantitative estimate of drug-likeness (QED) is 0.893. The Bertz CT molecular complexity index is 584. The maximum atomic E-state index is 12.4. The monoisotopic (exact) mass is 318 g/mol. The summed E-state index contributed by atoms with van der Waals surface area (Å²) in [7, 11) is 0. The molecule has 1 saturated heterocycles. The van der Waals surface area contributed by atoms with Gasteiger partial charge in [-0.25, -0.2) is 4.98 Å². The highest BCUT2D eigenvalue weighted by atomic mass is 16.2. The van der Waals surface area contributed by atoms with E-state index >= 15 is 0 Å². The number of carbonyl (C=O) groups excluding carboxylic acids is 2. The van der Waals surface area contributed by atoms with E-state index in [2.05, 4.69) is 14.9 Å². The third kappa shape index (κ3) is 3.57. The SMILES string of the molecule is CC(C)(C)N1CC(C(=O)NCC2(Cn3ccnc3)CC2)CC1=O. The van der Waals surface area contributed by atoms with Crippen molar-refractivity contribution in [2.75, 3.05) is 13.1 Å². The molecule has 3 rings (SSSR count). The summed E-state index contributed by atoms with van der Waals surface area (Å²) in [5.41, 5.74) is -0.0477. The van der Waals surface area contributed by atoms with Gasteiger partial charge in [0.2, 0.25) is 11.8 Å². The minimum atomic E-state index is -0.217. The third-order valence-electron chi connectivity index (χ3n) is 4.98. The van der Waals surface area contributed by atoms with E-state index in [-0.39, 0.29) is 28.7 Å². The number of aromatic nitrogens is 2. The van der Waals surface area contributed by atoms with Gasteiger partial charge in [0.25, 0.3) is 0 Å². The first kappa shape index (κ1) is 16.0. The van der Waals surface area contributed by atoms with Crippen LogP contribution in [-0.4, -0.2) is 44.9 Å². The molecule has 0 spiro atoms. The van der Waals surface area contributed by atoms with Crippen LogP contribution in [0.25, 0.3) is 0 Å². The molecule has 1 aliphatic heterocycles. The van der Waals surface area contributed by atoms with Gasteiger partial charge in [0, 0.05) is 49.4 Å². The van der Waals surface area contributed by atoms with Crippen molar-refractivity contribution >= 4 is 11.8 Å². The van der Waals surface area contributed by atoms with Gasteiger partial charge in [-0.05, 0) is 33.6 Å². The molecular formula is C17H26N4O2. The summed E-state index contributed by atoms with van der Waals surface area (Å²) in [5.74, 6) is -0.120. The van der Waals surface area contributed by atoms with Crippen LogP contribution in [0.4, 0.5) is 0 Å². The van der Waals surface area contributed by atoms with Crippen LogP contribution >= 0.6 is 0 Å². The van der Waals surface area contributed by atoms with Gasteiger partial charge in [0.15, 0.2) is 0 Å². The van der Waals surface area contributed by atoms with Crippen molar-refractivity contribution in [3.8, 4) is 0 Å². The number of rotatable bonds is 5. The van der Waals surface area contributed by atoms with Gasteiger partial charge in [-0.1, -0.05) is 0 Å². The van der Waals surface area contributed by atoms with Gasteiger partial charge in [0.1, 0.15) is 0 Å². The predicted octanol–water partition coefficient (Wildman–Crippen LogP) is 1.43. The number of nitrogens with one attached hydrogen (secondary N) is 1. The van der Waals surface area contributed by atoms with Crippen LogP contribution in [0.2, 0.25) is 0 Å². The zero-order valence-corrected chi connectivity index (χ0v) is 14.2. The molecule has 2 amide bonds. The highest BCUT2D eigenvalue weighted by Gasteiger charge is 2.44. The van der Waals surface area contributed by atoms with Gasteiger partial charge in [-0.3, -0.25) is 9.59 Å². The van der Waals surface area contributed by atoms with Gasteiger partial charge in [0.05, 0.1) is 12.2 Å². The van der Waals surface area contributed by atoms with E-state index < -0.39 is 0 Å². The van der Waals surface area contributed by atoms with E-state index in [0.29, 0.717) is 19.5 Å². The van der Waals surface area contributed by atoms with Crippen molar-refractivity contribution in [3.05, 3.63) is 18.7 Å². The molecule has 23 heavy (non-hydrogen) atoms. The van der Waals surface area contributed by atoms with Gasteiger partial charge >= 0.3 is 0 Å². The first-order chi connectivity index (χ1) is 10.8. The molecule has 0 radical (unpaired) electrons. The first-order valence-electron chi connectivity index (χ1n) is 8.33. The van der Waals surface area contributed by atoms with Crippen LogP contribution in [0.5, 0.6) is 0 Å². The molecule has 1 unspecified atom stereocenters. The summed E-state index contributed by atoms with van der Waals surface area (Å²) in [4.78, 5) is 30.4. The lowest BCUT2D eigenvalue weighted by Gasteiger charge is -2.32. The van der Waals surface area contributed by atoms with Crippen LogP contribution in [-0.2, 0) is 16.1 Å². The zero-order chi connectivity index (χ0) is 16.7. The van der Waals surface area contributed by atoms with E-state index in [1.807, 2.05) is 38.2 Å². The predicted molar refractivity (Wildman–Crippen MR) is 86.5 cm³/mol. The number of hydrogen-bond donors (Lipinski definition) is 1. The maximum Gasteiger partial charge on any atom is 0.225 e. The second kappa shape index (κ2) is 5.65. The Morgan fingerprint density at radius 2 is 2.17 bits per heavy atom. The fraction of sp³-hybridized carbons (Fsp3) is 0.706. The highest BCUT2D eigenvalue weighted by Crippen LogP contribution is 2.46. The van der Waals surface area contributed by atoms with Crippen LogP contribution < -0.4 is 5.32 Å². The fourth-order valence-corrected chi connectivity index (χ4v) is 3.29. The number of nitrogens with zero attached hydrogens (tertiary/aromatic N) is 3. The standard InChI is InChI=1S/C17H26N4O2/c1-16(2,3)21-9-13(8-14(21)22)15(23)19-10-17(4-5-17)11-20-7-6-18-12-20/h6-7,12-13H,4-5,8-11H2,1-3H3,(H,19,23). The number of imidazole rings is 1. The molecule has 1 aromatic rings. The Labute approximate surface area is 137 Å². The van der Waals surface area contributed by atoms with E-state index in [1.54, 1.807) is 6.20 Å². The van der Waals surface area contributed by atoms with Crippen molar-refractivity contribution in [2.24, 2.45) is 11.3 Å². The molecule has 0 aromatic carbocycles. The first-order valence-corrected chi connectivity index (χ1v) is 8.33. The topological polar surface area (TPSA) is 67.2 Å². The molecule has 1 atom stereocenters. The van der Waals surface area contributed by atoms with Crippen molar-refractivity contribution in [2.45, 2.75) is 52.1 Å². The van der Waals surface area contributed by atoms with Crippen LogP contribution in [0.1, 0.15) is 40.0 Å². The Balaban J connectivity index is 1.51. The minimum absolute atomic E-state index is 0.0157. The van der Waals surface area contributed by atoms with Crippen molar-refractivity contribution in [1.82, 2.24) is 19.8 Å². The minimum Gasteiger partial charge on any atom is -0.355 e. The maximum absolute atomic E-state index is 12.4. The molecular weight excluding hydrogens is 292 g/mol. The summed E-state index contributed by atoms with van der Waals surface area (Å²) in [5, 5.41) is 3.08. The van der Waals surface area contributed by atoms with Crippen molar-refractivity contribution in [3.63, 3.8) is 0 Å². The molecule has 6 heteroatoms. The van der Waals surface area contributed by atoms with E-state index in [4.69, 9.17) is 0 Å². The number of hydrogen-bond acceptors (Lipinski definition) is 3. The molecule has 6 nitrogen and oxygen atoms in total. The second-order valence-electron chi connectivity index (χ2n) is 8.03. The summed E-state index contributed by atoms with van der Waals surface area (Å²) >= 11 is 0. The van der Waals surface area contributed by atoms with Gasteiger partial charge < -0.3 is 14.8 Å². The Kier molecular flexibility index (Phi) is 3.94. The highest BCUT2D eigenvalue weighted by molar-refractivity contribution is 5.89. The number of amides is 2. The smallest absolute Gasteiger partial charge is 0.225 e. The largest absolute Gasteiger partial charge is 0.355 e. The molecule has 2 fully saturated rings. The molecule has 1 saturated carbocycles. The summed E-state index contributed by atoms with van der Waals surface area (Å²) in [6.07, 6.45) is 8.14. The second-order valence-corrected chi connectivity index (χ2v) is 8.03. The molecule has 2 aliphatic rings. The lowest BCUT2D eigenvalue weighted by molar-refractivity contribution is -0.132. The molecule has 0 bridgehead atoms. The van der Waals surface area contributed by atoms with E-state index in [0.717, 1.165) is 19.4 Å². The molecule has 1 aromatic heterocycles. The van der Waals surface area contributed by atoms with Crippen molar-refractivity contribution in [1.29, 1.82) is 0 Å². The van der Waals surface area contributed by atoms with Crippen molar-refractivity contribution < 1.29 is 9.59 Å². The average molecular weight is 318 g/mol. The summed E-state index contributed by atoms with van der Waals surface area (Å²) < 4.78 is 2.07. The van der Waals surface area contributed by atoms with Gasteiger partial charge in [-0.2, -0.15) is 0 Å². The molecule has 126 valence electrons. The number of carbonyl (C=O) groups is 2. The van der Waals surface area contributed by atoms with E-state index in [9.17, 15) is 9.59 Å². The molecule has 1 N–H and O–H groups in total. The lowest BCUT2D eigenvalue weighted by atomic mass is 10.0. The lowest BCUT2D eigenvalue weighted by Crippen LogP contribution is -2.43. The van der Waals surface area contributed by atoms with Crippen LogP contribution in [0, 0.1) is 11.3 Å². The normalized spacial score (nSPS) is 23.2. The van der Waals surface area contributed by atoms with Crippen LogP contribution in [0.15, 0.2) is 18.7 Å². The molecule has 1 aliphatic carbocycles. The zero-order valence-electron chi connectivity index (χ0n) is 14.2. The van der Waals surface area contributed by atoms with Gasteiger partial charge in [-0.15, -0.1) is 0 Å². The number of likely N-dealkylation sites (tertiary alicyclic amines) is 1. The average Bonchev–Trinajstić information content (AvgIpc) is 2.86. The molecule has 2 heterocycles. The summed E-state index contributed by atoms with van der Waals surface area (Å²) in [6, 6.07) is 0. The Hall–Kier alpha value is -1.85. The fourth-order valence-electron chi connectivity index (χ4n) is 3.29.